The Labute approximate surface area is 231 Å². The molecule has 0 saturated carbocycles. The monoisotopic (exact) mass is 541 g/mol. The number of methoxy groups -OCH3 is 1. The van der Waals surface area contributed by atoms with E-state index in [9.17, 15) is 9.59 Å². The highest BCUT2D eigenvalue weighted by atomic mass is 32.1. The third kappa shape index (κ3) is 4.76. The maximum absolute atomic E-state index is 14.0. The number of thiazole rings is 1. The number of nitrogens with zero attached hydrogens (tertiary/aromatic N) is 3. The Hall–Kier alpha value is -4.17. The summed E-state index contributed by atoms with van der Waals surface area (Å²) < 4.78 is 15.1. The summed E-state index contributed by atoms with van der Waals surface area (Å²) in [6.07, 6.45) is 1.92. The lowest BCUT2D eigenvalue weighted by molar-refractivity contribution is -0.139. The smallest absolute Gasteiger partial charge is 0.338 e. The van der Waals surface area contributed by atoms with Gasteiger partial charge in [-0.3, -0.25) is 9.36 Å². The number of carbonyl (C=O) groups excluding carboxylic acids is 1. The molecule has 0 unspecified atom stereocenters. The van der Waals surface area contributed by atoms with E-state index in [1.54, 1.807) is 25.5 Å². The Morgan fingerprint density at radius 2 is 1.82 bits per heavy atom. The van der Waals surface area contributed by atoms with Crippen molar-refractivity contribution in [3.63, 3.8) is 0 Å². The molecule has 2 aromatic heterocycles. The summed E-state index contributed by atoms with van der Waals surface area (Å²) in [7, 11) is 1.60. The molecule has 0 saturated heterocycles. The molecule has 0 bridgehead atoms. The first-order chi connectivity index (χ1) is 18.7. The average molecular weight is 542 g/mol. The normalized spacial score (nSPS) is 15.2. The summed E-state index contributed by atoms with van der Waals surface area (Å²) in [6, 6.07) is 17.2. The van der Waals surface area contributed by atoms with Crippen molar-refractivity contribution < 1.29 is 14.3 Å². The predicted molar refractivity (Wildman–Crippen MR) is 153 cm³/mol. The lowest BCUT2D eigenvalue weighted by Crippen LogP contribution is -2.39. The third-order valence-corrected chi connectivity index (χ3v) is 7.95. The second-order valence-electron chi connectivity index (χ2n) is 9.58. The van der Waals surface area contributed by atoms with Gasteiger partial charge in [-0.2, -0.15) is 0 Å². The van der Waals surface area contributed by atoms with Crippen LogP contribution in [0.4, 0.5) is 0 Å². The van der Waals surface area contributed by atoms with Crippen LogP contribution in [0.3, 0.4) is 0 Å². The van der Waals surface area contributed by atoms with Gasteiger partial charge >= 0.3 is 5.97 Å². The zero-order valence-electron chi connectivity index (χ0n) is 22.9. The van der Waals surface area contributed by atoms with Gasteiger partial charge in [0.15, 0.2) is 4.80 Å². The summed E-state index contributed by atoms with van der Waals surface area (Å²) in [5, 5.41) is 0. The molecule has 7 nitrogen and oxygen atoms in total. The summed E-state index contributed by atoms with van der Waals surface area (Å²) in [5.41, 5.74) is 6.82. The van der Waals surface area contributed by atoms with Gasteiger partial charge in [0.25, 0.3) is 5.56 Å². The van der Waals surface area contributed by atoms with Crippen LogP contribution in [0.2, 0.25) is 0 Å². The van der Waals surface area contributed by atoms with Crippen LogP contribution in [0.1, 0.15) is 48.0 Å². The molecule has 0 fully saturated rings. The molecule has 4 aromatic rings. The van der Waals surface area contributed by atoms with Gasteiger partial charge in [-0.15, -0.1) is 0 Å². The number of esters is 1. The number of allylic oxidation sites excluding steroid dienone is 1. The molecule has 1 aliphatic heterocycles. The largest absolute Gasteiger partial charge is 0.497 e. The van der Waals surface area contributed by atoms with E-state index in [-0.39, 0.29) is 12.2 Å². The second kappa shape index (κ2) is 10.5. The molecule has 0 N–H and O–H groups in total. The summed E-state index contributed by atoms with van der Waals surface area (Å²) in [4.78, 5) is 32.3. The molecular weight excluding hydrogens is 510 g/mol. The lowest BCUT2D eigenvalue weighted by Gasteiger charge is -2.24. The first-order valence-electron chi connectivity index (χ1n) is 12.8. The van der Waals surface area contributed by atoms with Crippen LogP contribution in [0.25, 0.3) is 11.8 Å². The number of carbonyl (C=O) groups is 1. The highest BCUT2D eigenvalue weighted by Gasteiger charge is 2.33. The third-order valence-electron chi connectivity index (χ3n) is 6.97. The quantitative estimate of drug-likeness (QED) is 0.337. The maximum atomic E-state index is 14.0. The average Bonchev–Trinajstić information content (AvgIpc) is 3.37. The van der Waals surface area contributed by atoms with Crippen molar-refractivity contribution in [3.8, 4) is 11.4 Å². The van der Waals surface area contributed by atoms with E-state index in [0.717, 1.165) is 28.2 Å². The van der Waals surface area contributed by atoms with Crippen LogP contribution >= 0.6 is 11.3 Å². The molecule has 8 heteroatoms. The first kappa shape index (κ1) is 26.4. The second-order valence-corrected chi connectivity index (χ2v) is 10.6. The van der Waals surface area contributed by atoms with Gasteiger partial charge in [-0.05, 0) is 87.7 Å². The van der Waals surface area contributed by atoms with Crippen molar-refractivity contribution in [1.29, 1.82) is 0 Å². The van der Waals surface area contributed by atoms with Crippen molar-refractivity contribution in [2.75, 3.05) is 13.7 Å². The van der Waals surface area contributed by atoms with Gasteiger partial charge in [-0.1, -0.05) is 35.6 Å². The van der Waals surface area contributed by atoms with Gasteiger partial charge in [-0.25, -0.2) is 9.79 Å². The molecule has 1 aliphatic rings. The predicted octanol–water partition coefficient (Wildman–Crippen LogP) is 4.52. The molecule has 0 radical (unpaired) electrons. The zero-order chi connectivity index (χ0) is 27.8. The van der Waals surface area contributed by atoms with Crippen molar-refractivity contribution >= 4 is 23.4 Å². The standard InChI is InChI=1S/C31H31N3O4S/c1-7-38-30(36)27-20(4)32-31-34(28(27)22-11-13-25(37-6)14-12-22)29(35)26(39-31)17-23-16-19(3)33(21(23)5)24-10-8-9-18(2)15-24/h8-17,28H,7H2,1-6H3/b26-17+/t28-/m1/s1. The van der Waals surface area contributed by atoms with Crippen molar-refractivity contribution in [1.82, 2.24) is 9.13 Å². The molecule has 2 aromatic carbocycles. The number of rotatable bonds is 6. The van der Waals surface area contributed by atoms with Gasteiger partial charge < -0.3 is 14.0 Å². The van der Waals surface area contributed by atoms with Gasteiger partial charge in [0.05, 0.1) is 35.6 Å². The van der Waals surface area contributed by atoms with Crippen LogP contribution in [-0.4, -0.2) is 28.8 Å². The fourth-order valence-corrected chi connectivity index (χ4v) is 6.17. The number of aryl methyl sites for hydroxylation is 2. The highest BCUT2D eigenvalue weighted by Crippen LogP contribution is 2.31. The lowest BCUT2D eigenvalue weighted by atomic mass is 9.96. The fraction of sp³-hybridized carbons (Fsp3) is 0.258. The molecule has 0 aliphatic carbocycles. The number of hydrogen-bond donors (Lipinski definition) is 0. The fourth-order valence-electron chi connectivity index (χ4n) is 5.13. The van der Waals surface area contributed by atoms with Crippen LogP contribution in [0.15, 0.2) is 75.7 Å². The Kier molecular flexibility index (Phi) is 7.14. The number of fused-ring (bicyclic) bond motifs is 1. The van der Waals surface area contributed by atoms with Crippen molar-refractivity contribution in [3.05, 3.63) is 114 Å². The van der Waals surface area contributed by atoms with Crippen molar-refractivity contribution in [2.24, 2.45) is 4.99 Å². The molecule has 200 valence electrons. The van der Waals surface area contributed by atoms with Crippen LogP contribution in [-0.2, 0) is 9.53 Å². The minimum Gasteiger partial charge on any atom is -0.497 e. The van der Waals surface area contributed by atoms with Crippen LogP contribution in [0.5, 0.6) is 5.75 Å². The van der Waals surface area contributed by atoms with E-state index >= 15 is 0 Å². The van der Waals surface area contributed by atoms with E-state index < -0.39 is 12.0 Å². The van der Waals surface area contributed by atoms with E-state index in [2.05, 4.69) is 54.6 Å². The zero-order valence-corrected chi connectivity index (χ0v) is 23.8. The van der Waals surface area contributed by atoms with E-state index in [4.69, 9.17) is 9.47 Å². The Morgan fingerprint density at radius 1 is 1.08 bits per heavy atom. The topological polar surface area (TPSA) is 74.8 Å². The van der Waals surface area contributed by atoms with E-state index in [1.165, 1.54) is 16.9 Å². The van der Waals surface area contributed by atoms with Gasteiger partial charge in [0.2, 0.25) is 0 Å². The van der Waals surface area contributed by atoms with Crippen LogP contribution in [0, 0.1) is 20.8 Å². The molecule has 39 heavy (non-hydrogen) atoms. The molecule has 1 atom stereocenters. The first-order valence-corrected chi connectivity index (χ1v) is 13.6. The summed E-state index contributed by atoms with van der Waals surface area (Å²) in [6.45, 7) is 9.97. The minimum absolute atomic E-state index is 0.200. The SMILES string of the molecule is CCOC(=O)C1=C(C)N=c2s/c(=C/c3cc(C)n(-c4cccc(C)c4)c3C)c(=O)n2[C@@H]1c1ccc(OC)cc1. The summed E-state index contributed by atoms with van der Waals surface area (Å²) >= 11 is 1.32. The van der Waals surface area contributed by atoms with Crippen LogP contribution < -0.4 is 19.6 Å². The number of ether oxygens (including phenoxy) is 2. The summed E-state index contributed by atoms with van der Waals surface area (Å²) in [5.74, 6) is 0.212. The Morgan fingerprint density at radius 3 is 2.49 bits per heavy atom. The maximum Gasteiger partial charge on any atom is 0.338 e. The Bertz CT molecular complexity index is 1790. The van der Waals surface area contributed by atoms with Crippen molar-refractivity contribution in [2.45, 2.75) is 40.7 Å². The van der Waals surface area contributed by atoms with E-state index in [1.807, 2.05) is 36.4 Å². The van der Waals surface area contributed by atoms with E-state index in [0.29, 0.717) is 26.4 Å². The number of benzene rings is 2. The molecule has 3 heterocycles. The molecule has 0 spiro atoms. The number of aromatic nitrogens is 2. The van der Waals surface area contributed by atoms with Gasteiger partial charge in [0.1, 0.15) is 5.75 Å². The molecule has 5 rings (SSSR count). The number of hydrogen-bond acceptors (Lipinski definition) is 6. The van der Waals surface area contributed by atoms with Gasteiger partial charge in [0, 0.05) is 17.1 Å². The Balaban J connectivity index is 1.69. The molecular formula is C31H31N3O4S. The highest BCUT2D eigenvalue weighted by molar-refractivity contribution is 7.07. The minimum atomic E-state index is -0.659. The molecule has 0 amide bonds.